The van der Waals surface area contributed by atoms with E-state index < -0.39 is 5.95 Å². The second-order valence-electron chi connectivity index (χ2n) is 6.51. The molecule has 0 bridgehead atoms. The number of piperidine rings is 1. The molecule has 2 aromatic heterocycles. The van der Waals surface area contributed by atoms with Crippen LogP contribution in [0.1, 0.15) is 18.4 Å². The molecule has 1 aliphatic rings. The molecule has 0 unspecified atom stereocenters. The van der Waals surface area contributed by atoms with E-state index >= 15 is 0 Å². The SMILES string of the molecule is Fc1ccc2[nH]c(N3CCC[C@H](NCc4cc(Cl)cc(Cl)c4)C3)nc2n1.S. The fourth-order valence-electron chi connectivity index (χ4n) is 3.32. The quantitative estimate of drug-likeness (QED) is 0.610. The number of aromatic nitrogens is 3. The second kappa shape index (κ2) is 8.65. The number of hydrogen-bond acceptors (Lipinski definition) is 4. The summed E-state index contributed by atoms with van der Waals surface area (Å²) in [7, 11) is 0. The molecule has 27 heavy (non-hydrogen) atoms. The molecule has 0 amide bonds. The number of H-pyrrole nitrogens is 1. The molecule has 144 valence electrons. The Morgan fingerprint density at radius 3 is 2.74 bits per heavy atom. The van der Waals surface area contributed by atoms with Crippen molar-refractivity contribution in [1.29, 1.82) is 0 Å². The van der Waals surface area contributed by atoms with Crippen LogP contribution in [-0.4, -0.2) is 34.1 Å². The first-order chi connectivity index (χ1) is 12.6. The summed E-state index contributed by atoms with van der Waals surface area (Å²) in [6, 6.07) is 8.88. The molecule has 1 saturated heterocycles. The molecule has 2 N–H and O–H groups in total. The highest BCUT2D eigenvalue weighted by atomic mass is 35.5. The van der Waals surface area contributed by atoms with E-state index in [9.17, 15) is 4.39 Å². The van der Waals surface area contributed by atoms with Crippen LogP contribution < -0.4 is 10.2 Å². The molecule has 1 fully saturated rings. The number of aromatic amines is 1. The van der Waals surface area contributed by atoms with Crippen molar-refractivity contribution in [3.8, 4) is 0 Å². The zero-order valence-corrected chi connectivity index (χ0v) is 17.0. The standard InChI is InChI=1S/C18H18Cl2FN5.H2S/c19-12-6-11(7-13(20)8-12)9-22-14-2-1-5-26(10-14)18-23-15-3-4-16(21)24-17(15)25-18;/h3-4,6-8,14,22H,1-2,5,9-10H2,(H,23,24,25);1H2/t14-;/m0./s1. The van der Waals surface area contributed by atoms with Crippen LogP contribution >= 0.6 is 36.7 Å². The number of hydrogen-bond donors (Lipinski definition) is 2. The molecule has 0 spiro atoms. The highest BCUT2D eigenvalue weighted by Gasteiger charge is 2.22. The van der Waals surface area contributed by atoms with E-state index in [-0.39, 0.29) is 13.5 Å². The normalized spacial score (nSPS) is 17.1. The van der Waals surface area contributed by atoms with E-state index in [1.54, 1.807) is 12.1 Å². The van der Waals surface area contributed by atoms with Gasteiger partial charge in [-0.1, -0.05) is 23.2 Å². The molecule has 4 rings (SSSR count). The summed E-state index contributed by atoms with van der Waals surface area (Å²) >= 11 is 12.1. The fraction of sp³-hybridized carbons (Fsp3) is 0.333. The maximum atomic E-state index is 13.3. The van der Waals surface area contributed by atoms with Crippen molar-refractivity contribution in [2.45, 2.75) is 25.4 Å². The van der Waals surface area contributed by atoms with Crippen molar-refractivity contribution >= 4 is 53.8 Å². The maximum absolute atomic E-state index is 13.3. The Balaban J connectivity index is 0.00000210. The van der Waals surface area contributed by atoms with E-state index in [2.05, 4.69) is 25.2 Å². The Labute approximate surface area is 173 Å². The van der Waals surface area contributed by atoms with Crippen molar-refractivity contribution < 1.29 is 4.39 Å². The van der Waals surface area contributed by atoms with Gasteiger partial charge in [0.05, 0.1) is 5.52 Å². The third kappa shape index (κ3) is 4.85. The number of rotatable bonds is 4. The van der Waals surface area contributed by atoms with Gasteiger partial charge in [-0.3, -0.25) is 0 Å². The van der Waals surface area contributed by atoms with Gasteiger partial charge in [-0.15, -0.1) is 0 Å². The molecule has 0 aliphatic carbocycles. The highest BCUT2D eigenvalue weighted by Crippen LogP contribution is 2.22. The largest absolute Gasteiger partial charge is 0.341 e. The maximum Gasteiger partial charge on any atom is 0.215 e. The third-order valence-corrected chi connectivity index (χ3v) is 4.97. The average Bonchev–Trinajstić information content (AvgIpc) is 3.03. The smallest absolute Gasteiger partial charge is 0.215 e. The summed E-state index contributed by atoms with van der Waals surface area (Å²) in [6.45, 7) is 2.42. The van der Waals surface area contributed by atoms with Crippen molar-refractivity contribution in [2.75, 3.05) is 18.0 Å². The number of fused-ring (bicyclic) bond motifs is 1. The molecule has 5 nitrogen and oxygen atoms in total. The van der Waals surface area contributed by atoms with Gasteiger partial charge in [0.25, 0.3) is 0 Å². The first kappa shape index (κ1) is 20.2. The number of nitrogens with zero attached hydrogens (tertiary/aromatic N) is 3. The summed E-state index contributed by atoms with van der Waals surface area (Å²) in [5.41, 5.74) is 2.21. The van der Waals surface area contributed by atoms with Gasteiger partial charge in [0.2, 0.25) is 11.9 Å². The third-order valence-electron chi connectivity index (χ3n) is 4.54. The fourth-order valence-corrected chi connectivity index (χ4v) is 3.89. The number of anilines is 1. The summed E-state index contributed by atoms with van der Waals surface area (Å²) in [5, 5.41) is 4.84. The Bertz CT molecular complexity index is 915. The van der Waals surface area contributed by atoms with Crippen molar-refractivity contribution in [3.63, 3.8) is 0 Å². The van der Waals surface area contributed by atoms with Crippen molar-refractivity contribution in [3.05, 3.63) is 51.9 Å². The molecule has 9 heteroatoms. The van der Waals surface area contributed by atoms with Crippen LogP contribution in [0.2, 0.25) is 10.0 Å². The van der Waals surface area contributed by atoms with Crippen LogP contribution in [0.3, 0.4) is 0 Å². The Hall–Kier alpha value is -1.54. The van der Waals surface area contributed by atoms with Crippen LogP contribution in [0.25, 0.3) is 11.2 Å². The van der Waals surface area contributed by atoms with E-state index in [1.165, 1.54) is 6.07 Å². The Morgan fingerprint density at radius 1 is 1.19 bits per heavy atom. The number of imidazole rings is 1. The molecule has 3 heterocycles. The Kier molecular flexibility index (Phi) is 6.47. The zero-order chi connectivity index (χ0) is 18.1. The predicted molar refractivity (Wildman–Crippen MR) is 113 cm³/mol. The second-order valence-corrected chi connectivity index (χ2v) is 7.38. The number of pyridine rings is 1. The molecule has 0 radical (unpaired) electrons. The number of nitrogens with one attached hydrogen (secondary N) is 2. The minimum Gasteiger partial charge on any atom is -0.341 e. The lowest BCUT2D eigenvalue weighted by molar-refractivity contribution is 0.419. The van der Waals surface area contributed by atoms with E-state index in [4.69, 9.17) is 23.2 Å². The van der Waals surface area contributed by atoms with Crippen LogP contribution in [-0.2, 0) is 6.54 Å². The van der Waals surface area contributed by atoms with E-state index in [0.29, 0.717) is 28.3 Å². The monoisotopic (exact) mass is 427 g/mol. The first-order valence-corrected chi connectivity index (χ1v) is 9.28. The lowest BCUT2D eigenvalue weighted by Gasteiger charge is -2.33. The van der Waals surface area contributed by atoms with Crippen molar-refractivity contribution in [2.24, 2.45) is 0 Å². The summed E-state index contributed by atoms with van der Waals surface area (Å²) in [5.74, 6) is 0.212. The van der Waals surface area contributed by atoms with Gasteiger partial charge in [-0.05, 0) is 48.7 Å². The van der Waals surface area contributed by atoms with Gasteiger partial charge in [0, 0.05) is 35.7 Å². The van der Waals surface area contributed by atoms with Gasteiger partial charge in [0.1, 0.15) is 0 Å². The average molecular weight is 428 g/mol. The van der Waals surface area contributed by atoms with Gasteiger partial charge >= 0.3 is 0 Å². The van der Waals surface area contributed by atoms with Crippen LogP contribution in [0.5, 0.6) is 0 Å². The van der Waals surface area contributed by atoms with Gasteiger partial charge in [-0.25, -0.2) is 0 Å². The minimum absolute atomic E-state index is 0. The molecular weight excluding hydrogens is 408 g/mol. The molecule has 1 aromatic carbocycles. The molecule has 0 saturated carbocycles. The summed E-state index contributed by atoms with van der Waals surface area (Å²) in [6.07, 6.45) is 2.13. The van der Waals surface area contributed by atoms with E-state index in [0.717, 1.165) is 43.0 Å². The molecule has 3 aromatic rings. The van der Waals surface area contributed by atoms with Crippen molar-refractivity contribution in [1.82, 2.24) is 20.3 Å². The van der Waals surface area contributed by atoms with E-state index in [1.807, 2.05) is 12.1 Å². The zero-order valence-electron chi connectivity index (χ0n) is 14.5. The highest BCUT2D eigenvalue weighted by molar-refractivity contribution is 7.59. The molecule has 1 aliphatic heterocycles. The minimum atomic E-state index is -0.520. The topological polar surface area (TPSA) is 56.8 Å². The number of halogens is 3. The molecule has 1 atom stereocenters. The molecular formula is C18H20Cl2FN5S. The van der Waals surface area contributed by atoms with Gasteiger partial charge in [0.15, 0.2) is 5.65 Å². The predicted octanol–water partition coefficient (Wildman–Crippen LogP) is 4.28. The lowest BCUT2D eigenvalue weighted by atomic mass is 10.1. The number of benzene rings is 1. The summed E-state index contributed by atoms with van der Waals surface area (Å²) < 4.78 is 13.3. The van der Waals surface area contributed by atoms with Gasteiger partial charge in [-0.2, -0.15) is 27.9 Å². The van der Waals surface area contributed by atoms with Crippen LogP contribution in [0, 0.1) is 5.95 Å². The Morgan fingerprint density at radius 2 is 1.96 bits per heavy atom. The summed E-state index contributed by atoms with van der Waals surface area (Å²) in [4.78, 5) is 13.7. The van der Waals surface area contributed by atoms with Gasteiger partial charge < -0.3 is 15.2 Å². The lowest BCUT2D eigenvalue weighted by Crippen LogP contribution is -2.45. The van der Waals surface area contributed by atoms with Crippen LogP contribution in [0.15, 0.2) is 30.3 Å². The van der Waals surface area contributed by atoms with Crippen LogP contribution in [0.4, 0.5) is 10.3 Å². The first-order valence-electron chi connectivity index (χ1n) is 8.52.